The van der Waals surface area contributed by atoms with E-state index in [0.717, 1.165) is 0 Å². The van der Waals surface area contributed by atoms with Crippen molar-refractivity contribution in [1.29, 1.82) is 0 Å². The van der Waals surface area contributed by atoms with Gasteiger partial charge < -0.3 is 9.47 Å². The standard InChI is InChI=1S/C15H10Cl3NO5/c1-8(20)7-23-14-6-10(2-3-13(14)19(21)22)24-15-11(17)4-9(16)5-12(15)18/h2-6H,7H2,1H3. The molecule has 0 radical (unpaired) electrons. The number of rotatable bonds is 6. The molecule has 0 heterocycles. The number of nitro benzene ring substituents is 1. The fourth-order valence-electron chi connectivity index (χ4n) is 1.75. The molecule has 0 unspecified atom stereocenters. The van der Waals surface area contributed by atoms with Crippen LogP contribution in [0, 0.1) is 10.1 Å². The maximum atomic E-state index is 11.0. The van der Waals surface area contributed by atoms with Gasteiger partial charge in [0.15, 0.2) is 11.5 Å². The molecule has 2 rings (SSSR count). The van der Waals surface area contributed by atoms with E-state index in [0.29, 0.717) is 5.02 Å². The smallest absolute Gasteiger partial charge is 0.311 e. The molecule has 9 heteroatoms. The van der Waals surface area contributed by atoms with Crippen LogP contribution in [0.15, 0.2) is 30.3 Å². The molecule has 0 aromatic heterocycles. The van der Waals surface area contributed by atoms with Gasteiger partial charge in [-0.1, -0.05) is 34.8 Å². The predicted octanol–water partition coefficient (Wildman–Crippen LogP) is 5.32. The van der Waals surface area contributed by atoms with Crippen molar-refractivity contribution in [3.8, 4) is 17.2 Å². The minimum absolute atomic E-state index is 0.103. The van der Waals surface area contributed by atoms with Crippen LogP contribution in [0.4, 0.5) is 5.69 Å². The van der Waals surface area contributed by atoms with E-state index in [1.54, 1.807) is 0 Å². The third kappa shape index (κ3) is 4.50. The van der Waals surface area contributed by atoms with Crippen LogP contribution >= 0.6 is 34.8 Å². The lowest BCUT2D eigenvalue weighted by molar-refractivity contribution is -0.385. The van der Waals surface area contributed by atoms with Crippen molar-refractivity contribution < 1.29 is 19.2 Å². The summed E-state index contributed by atoms with van der Waals surface area (Å²) in [7, 11) is 0. The second kappa shape index (κ2) is 7.70. The van der Waals surface area contributed by atoms with Crippen LogP contribution in [0.5, 0.6) is 17.2 Å². The first-order valence-corrected chi connectivity index (χ1v) is 7.64. The fourth-order valence-corrected chi connectivity index (χ4v) is 2.64. The SMILES string of the molecule is CC(=O)COc1cc(Oc2c(Cl)cc(Cl)cc2Cl)ccc1[N+](=O)[O-]. The molecule has 0 amide bonds. The van der Waals surface area contributed by atoms with Gasteiger partial charge in [0.2, 0.25) is 5.75 Å². The molecule has 126 valence electrons. The minimum atomic E-state index is -0.624. The average molecular weight is 391 g/mol. The van der Waals surface area contributed by atoms with E-state index < -0.39 is 4.92 Å². The van der Waals surface area contributed by atoms with E-state index in [4.69, 9.17) is 44.3 Å². The molecular weight excluding hydrogens is 381 g/mol. The zero-order chi connectivity index (χ0) is 17.9. The van der Waals surface area contributed by atoms with Gasteiger partial charge in [0, 0.05) is 17.2 Å². The van der Waals surface area contributed by atoms with Gasteiger partial charge in [0.25, 0.3) is 0 Å². The number of carbonyl (C=O) groups is 1. The highest BCUT2D eigenvalue weighted by Gasteiger charge is 2.18. The first kappa shape index (κ1) is 18.3. The van der Waals surface area contributed by atoms with Gasteiger partial charge in [0.1, 0.15) is 12.4 Å². The Hall–Kier alpha value is -2.02. The molecule has 0 aliphatic carbocycles. The molecule has 0 N–H and O–H groups in total. The quantitative estimate of drug-likeness (QED) is 0.493. The summed E-state index contributed by atoms with van der Waals surface area (Å²) in [5.41, 5.74) is -0.295. The maximum absolute atomic E-state index is 11.0. The summed E-state index contributed by atoms with van der Waals surface area (Å²) in [5.74, 6) is -0.0345. The van der Waals surface area contributed by atoms with Gasteiger partial charge in [-0.15, -0.1) is 0 Å². The Labute approximate surface area is 152 Å². The van der Waals surface area contributed by atoms with Crippen molar-refractivity contribution in [2.45, 2.75) is 6.92 Å². The van der Waals surface area contributed by atoms with Crippen molar-refractivity contribution in [2.24, 2.45) is 0 Å². The zero-order valence-corrected chi connectivity index (χ0v) is 14.5. The summed E-state index contributed by atoms with van der Waals surface area (Å²) in [6.45, 7) is 1.01. The fraction of sp³-hybridized carbons (Fsp3) is 0.133. The molecule has 6 nitrogen and oxygen atoms in total. The summed E-state index contributed by atoms with van der Waals surface area (Å²) in [6.07, 6.45) is 0. The van der Waals surface area contributed by atoms with Crippen molar-refractivity contribution in [2.75, 3.05) is 6.61 Å². The number of ketones is 1. The largest absolute Gasteiger partial charge is 0.479 e. The van der Waals surface area contributed by atoms with E-state index in [1.165, 1.54) is 37.3 Å². The van der Waals surface area contributed by atoms with Gasteiger partial charge in [-0.25, -0.2) is 0 Å². The average Bonchev–Trinajstić information content (AvgIpc) is 2.48. The van der Waals surface area contributed by atoms with Crippen LogP contribution in [0.1, 0.15) is 6.92 Å². The number of nitrogens with zero attached hydrogens (tertiary/aromatic N) is 1. The number of hydrogen-bond acceptors (Lipinski definition) is 5. The first-order valence-electron chi connectivity index (χ1n) is 6.51. The Morgan fingerprint density at radius 3 is 2.33 bits per heavy atom. The molecule has 2 aromatic carbocycles. The molecule has 24 heavy (non-hydrogen) atoms. The maximum Gasteiger partial charge on any atom is 0.311 e. The number of nitro groups is 1. The second-order valence-corrected chi connectivity index (χ2v) is 5.93. The third-order valence-corrected chi connectivity index (χ3v) is 3.52. The van der Waals surface area contributed by atoms with Crippen LogP contribution in [0.3, 0.4) is 0 Å². The van der Waals surface area contributed by atoms with Gasteiger partial charge in [-0.3, -0.25) is 14.9 Å². The Morgan fingerprint density at radius 2 is 1.79 bits per heavy atom. The van der Waals surface area contributed by atoms with Gasteiger partial charge in [-0.2, -0.15) is 0 Å². The lowest BCUT2D eigenvalue weighted by atomic mass is 10.2. The lowest BCUT2D eigenvalue weighted by Gasteiger charge is -2.11. The van der Waals surface area contributed by atoms with Crippen molar-refractivity contribution in [1.82, 2.24) is 0 Å². The second-order valence-electron chi connectivity index (χ2n) is 4.68. The van der Waals surface area contributed by atoms with Crippen molar-refractivity contribution in [3.05, 3.63) is 55.5 Å². The Kier molecular flexibility index (Phi) is 5.88. The normalized spacial score (nSPS) is 10.3. The van der Waals surface area contributed by atoms with Crippen LogP contribution < -0.4 is 9.47 Å². The monoisotopic (exact) mass is 389 g/mol. The Balaban J connectivity index is 2.36. The highest BCUT2D eigenvalue weighted by atomic mass is 35.5. The lowest BCUT2D eigenvalue weighted by Crippen LogP contribution is -2.08. The number of hydrogen-bond donors (Lipinski definition) is 0. The summed E-state index contributed by atoms with van der Waals surface area (Å²) >= 11 is 17.9. The van der Waals surface area contributed by atoms with E-state index in [2.05, 4.69) is 0 Å². The summed E-state index contributed by atoms with van der Waals surface area (Å²) in [5, 5.41) is 11.7. The molecule has 0 aliphatic heterocycles. The molecule has 0 aliphatic rings. The van der Waals surface area contributed by atoms with Crippen LogP contribution in [0.2, 0.25) is 15.1 Å². The number of Topliss-reactive ketones (excluding diaryl/α,β-unsaturated/α-hetero) is 1. The van der Waals surface area contributed by atoms with Crippen LogP contribution in [-0.4, -0.2) is 17.3 Å². The molecule has 0 saturated carbocycles. The molecule has 0 saturated heterocycles. The van der Waals surface area contributed by atoms with E-state index in [9.17, 15) is 14.9 Å². The third-order valence-electron chi connectivity index (χ3n) is 2.74. The van der Waals surface area contributed by atoms with E-state index in [1.807, 2.05) is 0 Å². The summed E-state index contributed by atoms with van der Waals surface area (Å²) in [4.78, 5) is 21.4. The molecule has 2 aromatic rings. The molecule has 0 spiro atoms. The molecule has 0 bridgehead atoms. The van der Waals surface area contributed by atoms with Gasteiger partial charge in [0.05, 0.1) is 15.0 Å². The zero-order valence-electron chi connectivity index (χ0n) is 12.2. The Morgan fingerprint density at radius 1 is 1.17 bits per heavy atom. The predicted molar refractivity (Wildman–Crippen MR) is 90.8 cm³/mol. The Bertz CT molecular complexity index is 787. The van der Waals surface area contributed by atoms with E-state index in [-0.39, 0.29) is 45.4 Å². The van der Waals surface area contributed by atoms with Crippen molar-refractivity contribution >= 4 is 46.3 Å². The highest BCUT2D eigenvalue weighted by Crippen LogP contribution is 2.40. The molecule has 0 atom stereocenters. The molecule has 0 fully saturated rings. The van der Waals surface area contributed by atoms with Gasteiger partial charge >= 0.3 is 5.69 Å². The number of benzene rings is 2. The van der Waals surface area contributed by atoms with Crippen LogP contribution in [-0.2, 0) is 4.79 Å². The van der Waals surface area contributed by atoms with E-state index >= 15 is 0 Å². The summed E-state index contributed by atoms with van der Waals surface area (Å²) < 4.78 is 10.7. The highest BCUT2D eigenvalue weighted by molar-refractivity contribution is 6.40. The number of ether oxygens (including phenoxy) is 2. The first-order chi connectivity index (χ1) is 11.3. The molecular formula is C15H10Cl3NO5. The van der Waals surface area contributed by atoms with Gasteiger partial charge in [-0.05, 0) is 25.1 Å². The number of carbonyl (C=O) groups excluding carboxylic acids is 1. The summed E-state index contributed by atoms with van der Waals surface area (Å²) in [6, 6.07) is 6.73. The topological polar surface area (TPSA) is 78.7 Å². The van der Waals surface area contributed by atoms with Crippen LogP contribution in [0.25, 0.3) is 0 Å². The number of halogens is 3. The van der Waals surface area contributed by atoms with Crippen molar-refractivity contribution in [3.63, 3.8) is 0 Å². The minimum Gasteiger partial charge on any atom is -0.479 e.